The molecule has 0 unspecified atom stereocenters. The highest BCUT2D eigenvalue weighted by Gasteiger charge is 2.25. The minimum Gasteiger partial charge on any atom is -0.349 e. The highest BCUT2D eigenvalue weighted by molar-refractivity contribution is 6.35. The van der Waals surface area contributed by atoms with Crippen LogP contribution in [0, 0.1) is 0 Å². The Morgan fingerprint density at radius 2 is 1.76 bits per heavy atom. The van der Waals surface area contributed by atoms with Crippen LogP contribution in [0.15, 0.2) is 42.7 Å². The van der Waals surface area contributed by atoms with E-state index in [9.17, 15) is 9.59 Å². The zero-order valence-electron chi connectivity index (χ0n) is 13.4. The first-order valence-electron chi connectivity index (χ1n) is 8.00. The average Bonchev–Trinajstić information content (AvgIpc) is 2.64. The standard InChI is InChI=1S/C18H17Cl2N3O2/c19-13-1-2-16(20)15(11-13)17(24)22-14-5-9-23(10-6-14)18(25)12-3-7-21-8-4-12/h1-4,7-8,11,14H,5-6,9-10H2,(H,22,24). The number of benzene rings is 1. The van der Waals surface area contributed by atoms with Crippen molar-refractivity contribution in [1.82, 2.24) is 15.2 Å². The van der Waals surface area contributed by atoms with Gasteiger partial charge in [-0.2, -0.15) is 0 Å². The van der Waals surface area contributed by atoms with Crippen molar-refractivity contribution >= 4 is 35.0 Å². The van der Waals surface area contributed by atoms with Crippen LogP contribution in [-0.4, -0.2) is 40.8 Å². The number of nitrogens with zero attached hydrogens (tertiary/aromatic N) is 2. The zero-order valence-corrected chi connectivity index (χ0v) is 14.9. The van der Waals surface area contributed by atoms with E-state index in [0.29, 0.717) is 47.1 Å². The second-order valence-corrected chi connectivity index (χ2v) is 6.74. The quantitative estimate of drug-likeness (QED) is 0.890. The molecule has 2 amide bonds. The Kier molecular flexibility index (Phi) is 5.56. The molecule has 0 spiro atoms. The lowest BCUT2D eigenvalue weighted by molar-refractivity contribution is 0.0698. The number of piperidine rings is 1. The predicted octanol–water partition coefficient (Wildman–Crippen LogP) is 3.42. The molecule has 0 radical (unpaired) electrons. The molecule has 1 N–H and O–H groups in total. The molecule has 1 aromatic heterocycles. The molecule has 3 rings (SSSR count). The highest BCUT2D eigenvalue weighted by atomic mass is 35.5. The molecule has 0 atom stereocenters. The van der Waals surface area contributed by atoms with Crippen molar-refractivity contribution in [2.45, 2.75) is 18.9 Å². The molecule has 25 heavy (non-hydrogen) atoms. The number of carbonyl (C=O) groups is 2. The molecular weight excluding hydrogens is 361 g/mol. The van der Waals surface area contributed by atoms with E-state index in [1.165, 1.54) is 0 Å². The molecule has 1 aliphatic rings. The molecule has 0 bridgehead atoms. The molecule has 0 saturated carbocycles. The van der Waals surface area contributed by atoms with Crippen LogP contribution in [-0.2, 0) is 0 Å². The van der Waals surface area contributed by atoms with Crippen molar-refractivity contribution in [3.8, 4) is 0 Å². The lowest BCUT2D eigenvalue weighted by Gasteiger charge is -2.32. The normalized spacial score (nSPS) is 15.0. The maximum atomic E-state index is 12.4. The van der Waals surface area contributed by atoms with Gasteiger partial charge in [0, 0.05) is 42.1 Å². The Morgan fingerprint density at radius 3 is 2.44 bits per heavy atom. The first-order valence-corrected chi connectivity index (χ1v) is 8.75. The number of rotatable bonds is 3. The Bertz CT molecular complexity index is 775. The van der Waals surface area contributed by atoms with Crippen LogP contribution in [0.4, 0.5) is 0 Å². The maximum Gasteiger partial charge on any atom is 0.253 e. The third-order valence-corrected chi connectivity index (χ3v) is 4.78. The van der Waals surface area contributed by atoms with Gasteiger partial charge in [0.1, 0.15) is 0 Å². The molecule has 1 aliphatic heterocycles. The summed E-state index contributed by atoms with van der Waals surface area (Å²) in [6, 6.07) is 8.22. The van der Waals surface area contributed by atoms with Crippen molar-refractivity contribution < 1.29 is 9.59 Å². The average molecular weight is 378 g/mol. The summed E-state index contributed by atoms with van der Waals surface area (Å²) in [5.41, 5.74) is 0.993. The largest absolute Gasteiger partial charge is 0.349 e. The number of amides is 2. The third-order valence-electron chi connectivity index (χ3n) is 4.22. The van der Waals surface area contributed by atoms with E-state index in [-0.39, 0.29) is 17.9 Å². The van der Waals surface area contributed by atoms with Gasteiger partial charge in [-0.25, -0.2) is 0 Å². The molecule has 1 aromatic carbocycles. The van der Waals surface area contributed by atoms with Crippen molar-refractivity contribution in [1.29, 1.82) is 0 Å². The first-order chi connectivity index (χ1) is 12.0. The van der Waals surface area contributed by atoms with Gasteiger partial charge in [-0.15, -0.1) is 0 Å². The molecule has 2 heterocycles. The number of halogens is 2. The first kappa shape index (κ1) is 17.7. The fourth-order valence-electron chi connectivity index (χ4n) is 2.84. The van der Waals surface area contributed by atoms with Crippen molar-refractivity contribution in [2.75, 3.05) is 13.1 Å². The number of hydrogen-bond donors (Lipinski definition) is 1. The van der Waals surface area contributed by atoms with E-state index in [0.717, 1.165) is 0 Å². The van der Waals surface area contributed by atoms with Crippen molar-refractivity contribution in [2.24, 2.45) is 0 Å². The fraction of sp³-hybridized carbons (Fsp3) is 0.278. The topological polar surface area (TPSA) is 62.3 Å². The summed E-state index contributed by atoms with van der Waals surface area (Å²) in [4.78, 5) is 30.5. The highest BCUT2D eigenvalue weighted by Crippen LogP contribution is 2.21. The number of carbonyl (C=O) groups excluding carboxylic acids is 2. The van der Waals surface area contributed by atoms with Crippen LogP contribution in [0.2, 0.25) is 10.0 Å². The smallest absolute Gasteiger partial charge is 0.253 e. The molecule has 2 aromatic rings. The second kappa shape index (κ2) is 7.85. The fourth-order valence-corrected chi connectivity index (χ4v) is 3.21. The molecule has 7 heteroatoms. The molecular formula is C18H17Cl2N3O2. The summed E-state index contributed by atoms with van der Waals surface area (Å²) in [6.07, 6.45) is 4.60. The monoisotopic (exact) mass is 377 g/mol. The van der Waals surface area contributed by atoms with Crippen LogP contribution in [0.1, 0.15) is 33.6 Å². The van der Waals surface area contributed by atoms with Crippen molar-refractivity contribution in [3.05, 3.63) is 63.9 Å². The number of aromatic nitrogens is 1. The second-order valence-electron chi connectivity index (χ2n) is 5.90. The summed E-state index contributed by atoms with van der Waals surface area (Å²) in [6.45, 7) is 1.19. The van der Waals surface area contributed by atoms with Gasteiger partial charge in [-0.3, -0.25) is 14.6 Å². The van der Waals surface area contributed by atoms with E-state index in [1.54, 1.807) is 47.6 Å². The molecule has 5 nitrogen and oxygen atoms in total. The lowest BCUT2D eigenvalue weighted by atomic mass is 10.0. The molecule has 1 saturated heterocycles. The van der Waals surface area contributed by atoms with Crippen LogP contribution < -0.4 is 5.32 Å². The summed E-state index contributed by atoms with van der Waals surface area (Å²) < 4.78 is 0. The van der Waals surface area contributed by atoms with E-state index in [1.807, 2.05) is 0 Å². The molecule has 1 fully saturated rings. The maximum absolute atomic E-state index is 12.4. The van der Waals surface area contributed by atoms with Gasteiger partial charge in [0.25, 0.3) is 11.8 Å². The van der Waals surface area contributed by atoms with Gasteiger partial charge in [0.05, 0.1) is 10.6 Å². The van der Waals surface area contributed by atoms with Crippen LogP contribution in [0.5, 0.6) is 0 Å². The summed E-state index contributed by atoms with van der Waals surface area (Å²) >= 11 is 12.0. The van der Waals surface area contributed by atoms with Gasteiger partial charge < -0.3 is 10.2 Å². The number of nitrogens with one attached hydrogen (secondary N) is 1. The Labute approximate surface area is 155 Å². The van der Waals surface area contributed by atoms with Gasteiger partial charge in [-0.1, -0.05) is 23.2 Å². The Morgan fingerprint density at radius 1 is 1.08 bits per heavy atom. The Hall–Kier alpha value is -2.11. The minimum absolute atomic E-state index is 0.00374. The minimum atomic E-state index is -0.244. The van der Waals surface area contributed by atoms with E-state index in [2.05, 4.69) is 10.3 Å². The van der Waals surface area contributed by atoms with Crippen LogP contribution >= 0.6 is 23.2 Å². The van der Waals surface area contributed by atoms with Crippen LogP contribution in [0.3, 0.4) is 0 Å². The van der Waals surface area contributed by atoms with Gasteiger partial charge in [0.2, 0.25) is 0 Å². The van der Waals surface area contributed by atoms with Gasteiger partial charge in [-0.05, 0) is 43.2 Å². The van der Waals surface area contributed by atoms with E-state index in [4.69, 9.17) is 23.2 Å². The Balaban J connectivity index is 1.57. The number of likely N-dealkylation sites (tertiary alicyclic amines) is 1. The molecule has 0 aliphatic carbocycles. The number of hydrogen-bond acceptors (Lipinski definition) is 3. The SMILES string of the molecule is O=C(NC1CCN(C(=O)c2ccncc2)CC1)c1cc(Cl)ccc1Cl. The summed E-state index contributed by atoms with van der Waals surface area (Å²) in [7, 11) is 0. The lowest BCUT2D eigenvalue weighted by Crippen LogP contribution is -2.46. The predicted molar refractivity (Wildman–Crippen MR) is 97.1 cm³/mol. The van der Waals surface area contributed by atoms with Gasteiger partial charge in [0.15, 0.2) is 0 Å². The zero-order chi connectivity index (χ0) is 17.8. The van der Waals surface area contributed by atoms with Crippen molar-refractivity contribution in [3.63, 3.8) is 0 Å². The summed E-state index contributed by atoms with van der Waals surface area (Å²) in [5.74, 6) is -0.253. The number of pyridine rings is 1. The molecule has 130 valence electrons. The van der Waals surface area contributed by atoms with E-state index < -0.39 is 0 Å². The summed E-state index contributed by atoms with van der Waals surface area (Å²) in [5, 5.41) is 3.81. The van der Waals surface area contributed by atoms with Crippen LogP contribution in [0.25, 0.3) is 0 Å². The third kappa shape index (κ3) is 4.30. The van der Waals surface area contributed by atoms with Gasteiger partial charge >= 0.3 is 0 Å². The van der Waals surface area contributed by atoms with E-state index >= 15 is 0 Å².